The fourth-order valence-corrected chi connectivity index (χ4v) is 6.17. The van der Waals surface area contributed by atoms with Crippen molar-refractivity contribution in [2.75, 3.05) is 47.4 Å². The summed E-state index contributed by atoms with van der Waals surface area (Å²) >= 11 is 0. The second kappa shape index (κ2) is 10.8. The number of carbonyl (C=O) groups is 4. The number of nitrogens with two attached hydrogens (primary N) is 1. The summed E-state index contributed by atoms with van der Waals surface area (Å²) in [6, 6.07) is 3.51. The quantitative estimate of drug-likeness (QED) is 0.261. The van der Waals surface area contributed by atoms with Crippen LogP contribution in [0.25, 0.3) is 0 Å². The Hall–Kier alpha value is -2.89. The summed E-state index contributed by atoms with van der Waals surface area (Å²) in [5.74, 6) is -3.58. The van der Waals surface area contributed by atoms with Gasteiger partial charge in [0.1, 0.15) is 23.2 Å². The second-order valence-electron chi connectivity index (χ2n) is 9.41. The fraction of sp³-hybridized carbons (Fsp3) is 0.625. The van der Waals surface area contributed by atoms with E-state index in [1.54, 1.807) is 36.3 Å². The third-order valence-corrected chi connectivity index (χ3v) is 7.48. The number of nitrogens with zero attached hydrogens (tertiary/aromatic N) is 3. The maximum Gasteiger partial charge on any atom is 0.320 e. The number of hydrogen-bond donors (Lipinski definition) is 2. The highest BCUT2D eigenvalue weighted by Crippen LogP contribution is 2.59. The van der Waals surface area contributed by atoms with Crippen molar-refractivity contribution >= 4 is 24.2 Å². The number of fused-ring (bicyclic) bond motifs is 2. The average molecular weight is 491 g/mol. The summed E-state index contributed by atoms with van der Waals surface area (Å²) in [6.07, 6.45) is 3.67. The number of hydrogen-bond acceptors (Lipinski definition) is 10. The predicted molar refractivity (Wildman–Crippen MR) is 124 cm³/mol. The molecule has 3 heterocycles. The van der Waals surface area contributed by atoms with Crippen LogP contribution in [0.5, 0.6) is 0 Å². The van der Waals surface area contributed by atoms with Gasteiger partial charge in [-0.15, -0.1) is 0 Å². The van der Waals surface area contributed by atoms with Crippen LogP contribution in [0.1, 0.15) is 31.0 Å². The molecule has 0 amide bonds. The number of pyridine rings is 1. The Kier molecular flexibility index (Phi) is 8.24. The molecule has 3 rings (SSSR count). The van der Waals surface area contributed by atoms with Crippen molar-refractivity contribution in [2.24, 2.45) is 22.5 Å². The maximum atomic E-state index is 13.7. The number of carbonyl (C=O) groups excluding carboxylic acids is 3. The molecule has 0 aliphatic carbocycles. The van der Waals surface area contributed by atoms with E-state index in [1.807, 2.05) is 4.90 Å². The molecule has 0 radical (unpaired) electrons. The Morgan fingerprint density at radius 3 is 2.46 bits per heavy atom. The number of likely N-dealkylation sites (tertiary alicyclic amines) is 2. The standard InChI is InChI=1S/C24H34N4O7/c1-27-13-23(21(32)34-2)14-28(17(20(30)31)9-4-6-10-25)15-24(18(23)12-29,22(33)35-3)19(27)16-8-5-7-11-26-16/h5,7-8,11-12,17-19H,4,6,9-10,13-15,25H2,1-3H3,(H,30,31)/t17-,18-,19+,23?,24?/m0/s1. The average Bonchev–Trinajstić information content (AvgIpc) is 2.85. The summed E-state index contributed by atoms with van der Waals surface area (Å²) in [5.41, 5.74) is 3.03. The highest BCUT2D eigenvalue weighted by atomic mass is 16.5. The first kappa shape index (κ1) is 26.7. The third kappa shape index (κ3) is 4.43. The number of aromatic nitrogens is 1. The van der Waals surface area contributed by atoms with Gasteiger partial charge in [-0.2, -0.15) is 0 Å². The SMILES string of the molecule is COC(=O)C12CN(C)[C@H](c3ccccn3)C(C(=O)OC)(CN([C@@H](CCCCN)C(=O)O)C1)[C@H]2C=O. The molecule has 2 saturated heterocycles. The first-order chi connectivity index (χ1) is 16.7. The molecule has 1 aromatic rings. The molecule has 5 atom stereocenters. The van der Waals surface area contributed by atoms with Crippen LogP contribution in [0.15, 0.2) is 24.4 Å². The van der Waals surface area contributed by atoms with E-state index >= 15 is 0 Å². The van der Waals surface area contributed by atoms with Crippen LogP contribution in [-0.2, 0) is 28.7 Å². The summed E-state index contributed by atoms with van der Waals surface area (Å²) in [6.45, 7) is 0.326. The lowest BCUT2D eigenvalue weighted by atomic mass is 9.52. The van der Waals surface area contributed by atoms with E-state index in [4.69, 9.17) is 15.2 Å². The van der Waals surface area contributed by atoms with Gasteiger partial charge in [0.15, 0.2) is 0 Å². The molecular formula is C24H34N4O7. The van der Waals surface area contributed by atoms with E-state index in [-0.39, 0.29) is 26.1 Å². The number of ether oxygens (including phenoxy) is 2. The third-order valence-electron chi connectivity index (χ3n) is 7.48. The zero-order valence-corrected chi connectivity index (χ0v) is 20.4. The molecule has 0 saturated carbocycles. The van der Waals surface area contributed by atoms with Gasteiger partial charge in [-0.1, -0.05) is 12.5 Å². The van der Waals surface area contributed by atoms with Gasteiger partial charge in [0.05, 0.1) is 31.9 Å². The Labute approximate surface area is 204 Å². The lowest BCUT2D eigenvalue weighted by Crippen LogP contribution is -2.75. The van der Waals surface area contributed by atoms with Gasteiger partial charge in [0.25, 0.3) is 0 Å². The molecule has 2 fully saturated rings. The molecule has 11 heteroatoms. The van der Waals surface area contributed by atoms with E-state index in [1.165, 1.54) is 14.2 Å². The Balaban J connectivity index is 2.26. The van der Waals surface area contributed by atoms with E-state index in [0.717, 1.165) is 0 Å². The van der Waals surface area contributed by atoms with Gasteiger partial charge in [0.2, 0.25) is 0 Å². The van der Waals surface area contributed by atoms with Crippen molar-refractivity contribution in [3.05, 3.63) is 30.1 Å². The molecular weight excluding hydrogens is 456 g/mol. The van der Waals surface area contributed by atoms with Crippen LogP contribution in [0.4, 0.5) is 0 Å². The number of unbranched alkanes of at least 4 members (excludes halogenated alkanes) is 1. The lowest BCUT2D eigenvalue weighted by Gasteiger charge is -2.62. The molecule has 3 N–H and O–H groups in total. The number of methoxy groups -OCH3 is 2. The van der Waals surface area contributed by atoms with Gasteiger partial charge in [-0.05, 0) is 38.6 Å². The molecule has 2 bridgehead atoms. The maximum absolute atomic E-state index is 13.7. The van der Waals surface area contributed by atoms with Crippen LogP contribution in [-0.4, -0.2) is 97.6 Å². The minimum Gasteiger partial charge on any atom is -0.480 e. The first-order valence-electron chi connectivity index (χ1n) is 11.6. The molecule has 2 unspecified atom stereocenters. The first-order valence-corrected chi connectivity index (χ1v) is 11.6. The van der Waals surface area contributed by atoms with E-state index in [9.17, 15) is 24.3 Å². The van der Waals surface area contributed by atoms with E-state index in [2.05, 4.69) is 4.98 Å². The van der Waals surface area contributed by atoms with E-state index < -0.39 is 46.7 Å². The van der Waals surface area contributed by atoms with Crippen molar-refractivity contribution in [2.45, 2.75) is 31.3 Å². The zero-order chi connectivity index (χ0) is 25.8. The molecule has 1 aromatic heterocycles. The minimum absolute atomic E-state index is 0.0549. The van der Waals surface area contributed by atoms with Gasteiger partial charge >= 0.3 is 17.9 Å². The molecule has 2 aliphatic heterocycles. The van der Waals surface area contributed by atoms with Crippen molar-refractivity contribution in [3.8, 4) is 0 Å². The van der Waals surface area contributed by atoms with Crippen LogP contribution >= 0.6 is 0 Å². The predicted octanol–water partition coefficient (Wildman–Crippen LogP) is 0.0998. The number of carboxylic acids is 1. The number of aliphatic carboxylic acids is 1. The number of aldehydes is 1. The summed E-state index contributed by atoms with van der Waals surface area (Å²) < 4.78 is 10.4. The van der Waals surface area contributed by atoms with Gasteiger partial charge in [-0.3, -0.25) is 29.2 Å². The smallest absolute Gasteiger partial charge is 0.320 e. The number of piperidine rings is 2. The van der Waals surface area contributed by atoms with Crippen LogP contribution < -0.4 is 5.73 Å². The fourth-order valence-electron chi connectivity index (χ4n) is 6.17. The molecule has 35 heavy (non-hydrogen) atoms. The van der Waals surface area contributed by atoms with Gasteiger partial charge in [-0.25, -0.2) is 0 Å². The van der Waals surface area contributed by atoms with E-state index in [0.29, 0.717) is 31.4 Å². The molecule has 0 spiro atoms. The molecule has 2 aliphatic rings. The lowest BCUT2D eigenvalue weighted by molar-refractivity contribution is -0.215. The Bertz CT molecular complexity index is 945. The number of esters is 2. The molecule has 192 valence electrons. The van der Waals surface area contributed by atoms with Gasteiger partial charge < -0.3 is 25.1 Å². The number of rotatable bonds is 10. The molecule has 11 nitrogen and oxygen atoms in total. The number of carboxylic acid groups (broad SMARTS) is 1. The normalized spacial score (nSPS) is 29.7. The van der Waals surface area contributed by atoms with Crippen molar-refractivity contribution in [1.82, 2.24) is 14.8 Å². The van der Waals surface area contributed by atoms with Crippen molar-refractivity contribution < 1.29 is 33.8 Å². The van der Waals surface area contributed by atoms with Crippen LogP contribution in [0, 0.1) is 16.7 Å². The van der Waals surface area contributed by atoms with Gasteiger partial charge in [0, 0.05) is 25.8 Å². The Morgan fingerprint density at radius 1 is 1.20 bits per heavy atom. The largest absolute Gasteiger partial charge is 0.480 e. The van der Waals surface area contributed by atoms with Crippen LogP contribution in [0.3, 0.4) is 0 Å². The highest BCUT2D eigenvalue weighted by molar-refractivity contribution is 5.90. The Morgan fingerprint density at radius 2 is 1.91 bits per heavy atom. The van der Waals surface area contributed by atoms with Crippen molar-refractivity contribution in [1.29, 1.82) is 0 Å². The summed E-state index contributed by atoms with van der Waals surface area (Å²) in [7, 11) is 4.19. The monoisotopic (exact) mass is 490 g/mol. The van der Waals surface area contributed by atoms with Crippen LogP contribution in [0.2, 0.25) is 0 Å². The van der Waals surface area contributed by atoms with Crippen molar-refractivity contribution in [3.63, 3.8) is 0 Å². The molecule has 0 aromatic carbocycles. The highest BCUT2D eigenvalue weighted by Gasteiger charge is 2.72. The summed E-state index contributed by atoms with van der Waals surface area (Å²) in [5, 5.41) is 10.1. The minimum atomic E-state index is -1.61. The topological polar surface area (TPSA) is 152 Å². The zero-order valence-electron chi connectivity index (χ0n) is 20.4. The summed E-state index contributed by atoms with van der Waals surface area (Å²) in [4.78, 5) is 60.0. The second-order valence-corrected chi connectivity index (χ2v) is 9.41.